The van der Waals surface area contributed by atoms with Gasteiger partial charge in [0, 0.05) is 35.7 Å². The van der Waals surface area contributed by atoms with Crippen LogP contribution in [-0.2, 0) is 4.79 Å². The first-order valence-corrected chi connectivity index (χ1v) is 7.39. The number of likely N-dealkylation sites (tertiary alicyclic amines) is 1. The molecule has 1 spiro atoms. The van der Waals surface area contributed by atoms with E-state index in [1.165, 1.54) is 17.7 Å². The third-order valence-corrected chi connectivity index (χ3v) is 5.13. The molecule has 98 valence electrons. The van der Waals surface area contributed by atoms with Crippen LogP contribution in [0.4, 0.5) is 0 Å². The Bertz CT molecular complexity index is 396. The summed E-state index contributed by atoms with van der Waals surface area (Å²) in [5.74, 6) is 0.530. The first-order valence-electron chi connectivity index (χ1n) is 6.57. The minimum absolute atomic E-state index is 0.102. The number of amides is 1. The van der Waals surface area contributed by atoms with Crippen LogP contribution in [0.2, 0.25) is 0 Å². The van der Waals surface area contributed by atoms with Gasteiger partial charge in [-0.25, -0.2) is 0 Å². The average molecular weight is 265 g/mol. The predicted octanol–water partition coefficient (Wildman–Crippen LogP) is 1.24. The highest BCUT2D eigenvalue weighted by molar-refractivity contribution is 8.01. The van der Waals surface area contributed by atoms with E-state index in [0.717, 1.165) is 32.5 Å². The van der Waals surface area contributed by atoms with Crippen molar-refractivity contribution in [2.24, 2.45) is 5.92 Å². The lowest BCUT2D eigenvalue weighted by Crippen LogP contribution is -2.57. The van der Waals surface area contributed by atoms with Crippen molar-refractivity contribution < 1.29 is 4.79 Å². The van der Waals surface area contributed by atoms with E-state index >= 15 is 0 Å². The number of carbonyl (C=O) groups is 1. The fourth-order valence-electron chi connectivity index (χ4n) is 3.42. The zero-order valence-corrected chi connectivity index (χ0v) is 11.2. The van der Waals surface area contributed by atoms with Gasteiger partial charge in [0.15, 0.2) is 0 Å². The molecule has 2 unspecified atom stereocenters. The van der Waals surface area contributed by atoms with E-state index in [9.17, 15) is 4.79 Å². The largest absolute Gasteiger partial charge is 0.343 e. The SMILES string of the molecule is O=CN1CCCC2(C1)NCCC2C1=CC=CNS1. The summed E-state index contributed by atoms with van der Waals surface area (Å²) in [6, 6.07) is 0. The third-order valence-electron chi connectivity index (χ3n) is 4.22. The van der Waals surface area contributed by atoms with E-state index in [1.54, 1.807) is 11.9 Å². The minimum atomic E-state index is 0.102. The van der Waals surface area contributed by atoms with Gasteiger partial charge in [-0.1, -0.05) is 0 Å². The molecule has 4 nitrogen and oxygen atoms in total. The molecule has 3 rings (SSSR count). The molecule has 3 heterocycles. The van der Waals surface area contributed by atoms with Crippen molar-refractivity contribution in [1.29, 1.82) is 0 Å². The summed E-state index contributed by atoms with van der Waals surface area (Å²) >= 11 is 1.71. The molecule has 0 saturated carbocycles. The van der Waals surface area contributed by atoms with Gasteiger partial charge in [0.05, 0.1) is 0 Å². The normalized spacial score (nSPS) is 35.4. The second-order valence-electron chi connectivity index (χ2n) is 5.25. The van der Waals surface area contributed by atoms with Crippen molar-refractivity contribution in [3.8, 4) is 0 Å². The van der Waals surface area contributed by atoms with Gasteiger partial charge in [-0.3, -0.25) is 4.79 Å². The van der Waals surface area contributed by atoms with Crippen molar-refractivity contribution in [3.63, 3.8) is 0 Å². The Balaban J connectivity index is 1.83. The lowest BCUT2D eigenvalue weighted by atomic mass is 9.78. The molecular weight excluding hydrogens is 246 g/mol. The first kappa shape index (κ1) is 12.1. The Morgan fingerprint density at radius 1 is 1.56 bits per heavy atom. The number of piperidine rings is 1. The van der Waals surface area contributed by atoms with Crippen LogP contribution in [0.25, 0.3) is 0 Å². The van der Waals surface area contributed by atoms with Crippen LogP contribution in [0.3, 0.4) is 0 Å². The molecule has 5 heteroatoms. The van der Waals surface area contributed by atoms with Gasteiger partial charge in [-0.15, -0.1) is 0 Å². The van der Waals surface area contributed by atoms with Crippen molar-refractivity contribution >= 4 is 18.4 Å². The van der Waals surface area contributed by atoms with Crippen molar-refractivity contribution in [2.45, 2.75) is 24.8 Å². The van der Waals surface area contributed by atoms with Crippen LogP contribution in [0, 0.1) is 5.92 Å². The van der Waals surface area contributed by atoms with E-state index in [2.05, 4.69) is 22.2 Å². The highest BCUT2D eigenvalue weighted by Crippen LogP contribution is 2.42. The van der Waals surface area contributed by atoms with Crippen LogP contribution < -0.4 is 10.0 Å². The molecule has 1 amide bonds. The van der Waals surface area contributed by atoms with E-state index < -0.39 is 0 Å². The number of allylic oxidation sites excluding steroid dienone is 2. The molecule has 2 N–H and O–H groups in total. The maximum atomic E-state index is 11.0. The number of hydrogen-bond donors (Lipinski definition) is 2. The molecule has 2 atom stereocenters. The van der Waals surface area contributed by atoms with Gasteiger partial charge in [-0.2, -0.15) is 0 Å². The van der Waals surface area contributed by atoms with Crippen LogP contribution in [0.15, 0.2) is 23.3 Å². The number of nitrogens with one attached hydrogen (secondary N) is 2. The Kier molecular flexibility index (Phi) is 3.35. The van der Waals surface area contributed by atoms with Gasteiger partial charge in [0.2, 0.25) is 6.41 Å². The molecule has 2 saturated heterocycles. The van der Waals surface area contributed by atoms with Gasteiger partial charge in [0.1, 0.15) is 0 Å². The number of carbonyl (C=O) groups excluding carboxylic acids is 1. The topological polar surface area (TPSA) is 44.4 Å². The summed E-state index contributed by atoms with van der Waals surface area (Å²) in [6.07, 6.45) is 10.7. The lowest BCUT2D eigenvalue weighted by Gasteiger charge is -2.43. The van der Waals surface area contributed by atoms with E-state index in [1.807, 2.05) is 11.1 Å². The lowest BCUT2D eigenvalue weighted by molar-refractivity contribution is -0.120. The first-order chi connectivity index (χ1) is 8.84. The molecule has 2 fully saturated rings. The number of rotatable bonds is 2. The van der Waals surface area contributed by atoms with Gasteiger partial charge < -0.3 is 14.9 Å². The Labute approximate surface area is 112 Å². The minimum Gasteiger partial charge on any atom is -0.343 e. The molecule has 3 aliphatic heterocycles. The van der Waals surface area contributed by atoms with E-state index in [0.29, 0.717) is 5.92 Å². The fraction of sp³-hybridized carbons (Fsp3) is 0.615. The van der Waals surface area contributed by atoms with Crippen molar-refractivity contribution in [3.05, 3.63) is 23.3 Å². The van der Waals surface area contributed by atoms with Gasteiger partial charge >= 0.3 is 0 Å². The average Bonchev–Trinajstić information content (AvgIpc) is 2.83. The highest BCUT2D eigenvalue weighted by atomic mass is 32.2. The standard InChI is InChI=1S/C13H19N3OS/c17-10-16-8-2-5-13(9-16)11(4-7-14-13)12-3-1-6-15-18-12/h1,3,6,10-11,14-15H,2,4-5,7-9H2. The van der Waals surface area contributed by atoms with Crippen LogP contribution in [-0.4, -0.2) is 36.5 Å². The monoisotopic (exact) mass is 265 g/mol. The Morgan fingerprint density at radius 2 is 2.50 bits per heavy atom. The molecule has 0 aliphatic carbocycles. The maximum Gasteiger partial charge on any atom is 0.209 e. The van der Waals surface area contributed by atoms with Crippen LogP contribution >= 0.6 is 11.9 Å². The molecule has 3 aliphatic rings. The Hall–Kier alpha value is -0.940. The maximum absolute atomic E-state index is 11.0. The number of hydrogen-bond acceptors (Lipinski definition) is 4. The van der Waals surface area contributed by atoms with E-state index in [-0.39, 0.29) is 5.54 Å². The van der Waals surface area contributed by atoms with Crippen molar-refractivity contribution in [1.82, 2.24) is 14.9 Å². The Morgan fingerprint density at radius 3 is 3.28 bits per heavy atom. The smallest absolute Gasteiger partial charge is 0.209 e. The molecule has 0 radical (unpaired) electrons. The molecule has 18 heavy (non-hydrogen) atoms. The van der Waals surface area contributed by atoms with Crippen molar-refractivity contribution in [2.75, 3.05) is 19.6 Å². The molecule has 0 aromatic rings. The second-order valence-corrected chi connectivity index (χ2v) is 6.16. The summed E-state index contributed by atoms with van der Waals surface area (Å²) in [5.41, 5.74) is 0.102. The molecular formula is C13H19N3OS. The van der Waals surface area contributed by atoms with Crippen LogP contribution in [0.1, 0.15) is 19.3 Å². The second kappa shape index (κ2) is 4.97. The zero-order chi connectivity index (χ0) is 12.4. The fourth-order valence-corrected chi connectivity index (χ4v) is 4.34. The van der Waals surface area contributed by atoms with Gasteiger partial charge in [0.25, 0.3) is 0 Å². The molecule has 0 bridgehead atoms. The van der Waals surface area contributed by atoms with E-state index in [4.69, 9.17) is 0 Å². The molecule has 0 aromatic heterocycles. The predicted molar refractivity (Wildman–Crippen MR) is 73.7 cm³/mol. The summed E-state index contributed by atoms with van der Waals surface area (Å²) in [5, 5.41) is 3.68. The number of nitrogens with zero attached hydrogens (tertiary/aromatic N) is 1. The highest BCUT2D eigenvalue weighted by Gasteiger charge is 2.46. The molecule has 0 aromatic carbocycles. The summed E-state index contributed by atoms with van der Waals surface area (Å²) in [4.78, 5) is 14.4. The summed E-state index contributed by atoms with van der Waals surface area (Å²) in [7, 11) is 0. The van der Waals surface area contributed by atoms with Gasteiger partial charge in [-0.05, 0) is 49.9 Å². The zero-order valence-electron chi connectivity index (χ0n) is 10.4. The van der Waals surface area contributed by atoms with Crippen LogP contribution in [0.5, 0.6) is 0 Å². The summed E-state index contributed by atoms with van der Waals surface area (Å²) < 4.78 is 3.22. The summed E-state index contributed by atoms with van der Waals surface area (Å²) in [6.45, 7) is 2.81. The quantitative estimate of drug-likeness (QED) is 0.582. The third kappa shape index (κ3) is 2.06.